The van der Waals surface area contributed by atoms with Crippen molar-refractivity contribution in [2.24, 2.45) is 0 Å². The minimum absolute atomic E-state index is 0.201. The average Bonchev–Trinajstić information content (AvgIpc) is 2.06. The summed E-state index contributed by atoms with van der Waals surface area (Å²) in [6.07, 6.45) is 3.00. The molecule has 0 aliphatic heterocycles. The molecule has 0 unspecified atom stereocenters. The van der Waals surface area contributed by atoms with Gasteiger partial charge in [0.15, 0.2) is 0 Å². The van der Waals surface area contributed by atoms with E-state index >= 15 is 0 Å². The molecule has 0 radical (unpaired) electrons. The van der Waals surface area contributed by atoms with Gasteiger partial charge in [0.2, 0.25) is 5.95 Å². The third-order valence-electron chi connectivity index (χ3n) is 0.961. The summed E-state index contributed by atoms with van der Waals surface area (Å²) in [5.74, 6) is -0.317. The average molecular weight is 153 g/mol. The predicted molar refractivity (Wildman–Crippen MR) is 37.7 cm³/mol. The molecule has 5 nitrogen and oxygen atoms in total. The first-order valence-corrected chi connectivity index (χ1v) is 3.00. The number of aliphatic hydroxyl groups is 1. The number of aromatic nitrogens is 2. The molecule has 0 saturated heterocycles. The van der Waals surface area contributed by atoms with Gasteiger partial charge in [-0.25, -0.2) is 9.97 Å². The van der Waals surface area contributed by atoms with E-state index in [0.717, 1.165) is 0 Å². The van der Waals surface area contributed by atoms with E-state index in [1.165, 1.54) is 12.4 Å². The van der Waals surface area contributed by atoms with E-state index in [0.29, 0.717) is 0 Å². The van der Waals surface area contributed by atoms with Crippen molar-refractivity contribution in [1.82, 2.24) is 9.97 Å². The number of hydrogen-bond donors (Lipinski definition) is 2. The number of aliphatic hydroxyl groups excluding tert-OH is 1. The SMILES string of the molecule is O=C(CO)Nc1ncccn1. The number of nitrogens with one attached hydrogen (secondary N) is 1. The van der Waals surface area contributed by atoms with E-state index in [-0.39, 0.29) is 5.95 Å². The number of carbonyl (C=O) groups excluding carboxylic acids is 1. The van der Waals surface area contributed by atoms with E-state index in [2.05, 4.69) is 15.3 Å². The van der Waals surface area contributed by atoms with Gasteiger partial charge in [-0.3, -0.25) is 10.1 Å². The van der Waals surface area contributed by atoms with Gasteiger partial charge in [0, 0.05) is 12.4 Å². The summed E-state index contributed by atoms with van der Waals surface area (Å²) in [6, 6.07) is 1.63. The molecule has 0 atom stereocenters. The highest BCUT2D eigenvalue weighted by Crippen LogP contribution is 1.92. The molecule has 5 heteroatoms. The van der Waals surface area contributed by atoms with Gasteiger partial charge < -0.3 is 5.11 Å². The molecule has 0 bridgehead atoms. The zero-order valence-corrected chi connectivity index (χ0v) is 5.69. The van der Waals surface area contributed by atoms with Gasteiger partial charge in [0.05, 0.1) is 0 Å². The molecule has 11 heavy (non-hydrogen) atoms. The molecule has 0 fully saturated rings. The number of anilines is 1. The van der Waals surface area contributed by atoms with Crippen LogP contribution >= 0.6 is 0 Å². The van der Waals surface area contributed by atoms with Crippen molar-refractivity contribution < 1.29 is 9.90 Å². The van der Waals surface area contributed by atoms with Gasteiger partial charge in [-0.15, -0.1) is 0 Å². The standard InChI is InChI=1S/C6H7N3O2/c10-4-5(11)9-6-7-2-1-3-8-6/h1-3,10H,4H2,(H,7,8,9,11). The molecule has 0 aliphatic rings. The van der Waals surface area contributed by atoms with Gasteiger partial charge in [-0.2, -0.15) is 0 Å². The van der Waals surface area contributed by atoms with E-state index in [1.54, 1.807) is 6.07 Å². The molecule has 0 aromatic carbocycles. The van der Waals surface area contributed by atoms with Crippen LogP contribution in [0.5, 0.6) is 0 Å². The number of carbonyl (C=O) groups is 1. The largest absolute Gasteiger partial charge is 0.387 e. The van der Waals surface area contributed by atoms with Crippen LogP contribution in [0.4, 0.5) is 5.95 Å². The summed E-state index contributed by atoms with van der Waals surface area (Å²) in [5.41, 5.74) is 0. The second-order valence-corrected chi connectivity index (χ2v) is 1.78. The Bertz CT molecular complexity index is 237. The Kier molecular flexibility index (Phi) is 2.51. The lowest BCUT2D eigenvalue weighted by Gasteiger charge is -1.97. The highest BCUT2D eigenvalue weighted by Gasteiger charge is 1.99. The normalized spacial score (nSPS) is 9.18. The van der Waals surface area contributed by atoms with Gasteiger partial charge in [-0.05, 0) is 6.07 Å². The zero-order valence-electron chi connectivity index (χ0n) is 5.69. The van der Waals surface area contributed by atoms with Crippen LogP contribution in [0.3, 0.4) is 0 Å². The molecule has 1 heterocycles. The van der Waals surface area contributed by atoms with Crippen LogP contribution in [-0.2, 0) is 4.79 Å². The predicted octanol–water partition coefficient (Wildman–Crippen LogP) is -0.593. The lowest BCUT2D eigenvalue weighted by atomic mass is 10.6. The van der Waals surface area contributed by atoms with Crippen molar-refractivity contribution in [2.75, 3.05) is 11.9 Å². The second-order valence-electron chi connectivity index (χ2n) is 1.78. The van der Waals surface area contributed by atoms with E-state index in [9.17, 15) is 4.79 Å². The molecular weight excluding hydrogens is 146 g/mol. The fourth-order valence-corrected chi connectivity index (χ4v) is 0.528. The highest BCUT2D eigenvalue weighted by molar-refractivity contribution is 5.89. The molecule has 1 aromatic heterocycles. The molecule has 2 N–H and O–H groups in total. The van der Waals surface area contributed by atoms with Crippen molar-refractivity contribution in [3.63, 3.8) is 0 Å². The molecule has 1 aromatic rings. The van der Waals surface area contributed by atoms with Gasteiger partial charge in [-0.1, -0.05) is 0 Å². The number of hydrogen-bond acceptors (Lipinski definition) is 4. The summed E-state index contributed by atoms with van der Waals surface area (Å²) in [5, 5.41) is 10.6. The Morgan fingerprint density at radius 1 is 1.55 bits per heavy atom. The second kappa shape index (κ2) is 3.62. The lowest BCUT2D eigenvalue weighted by molar-refractivity contribution is -0.118. The monoisotopic (exact) mass is 153 g/mol. The molecule has 0 aliphatic carbocycles. The third-order valence-corrected chi connectivity index (χ3v) is 0.961. The fourth-order valence-electron chi connectivity index (χ4n) is 0.528. The number of nitrogens with zero attached hydrogens (tertiary/aromatic N) is 2. The zero-order chi connectivity index (χ0) is 8.10. The first-order valence-electron chi connectivity index (χ1n) is 3.00. The van der Waals surface area contributed by atoms with Crippen LogP contribution in [0, 0.1) is 0 Å². The van der Waals surface area contributed by atoms with Gasteiger partial charge in [0.1, 0.15) is 6.61 Å². The number of amides is 1. The summed E-state index contributed by atoms with van der Waals surface area (Å²) in [6.45, 7) is -0.557. The van der Waals surface area contributed by atoms with Crippen molar-refractivity contribution in [3.8, 4) is 0 Å². The molecule has 1 rings (SSSR count). The Morgan fingerprint density at radius 3 is 2.73 bits per heavy atom. The topological polar surface area (TPSA) is 75.1 Å². The maximum atomic E-state index is 10.5. The Balaban J connectivity index is 2.58. The molecule has 58 valence electrons. The third kappa shape index (κ3) is 2.30. The maximum Gasteiger partial charge on any atom is 0.252 e. The summed E-state index contributed by atoms with van der Waals surface area (Å²) < 4.78 is 0. The van der Waals surface area contributed by atoms with Gasteiger partial charge >= 0.3 is 0 Å². The first-order chi connectivity index (χ1) is 5.33. The smallest absolute Gasteiger partial charge is 0.252 e. The highest BCUT2D eigenvalue weighted by atomic mass is 16.3. The van der Waals surface area contributed by atoms with Crippen LogP contribution in [0.15, 0.2) is 18.5 Å². The first kappa shape index (κ1) is 7.62. The maximum absolute atomic E-state index is 10.5. The van der Waals surface area contributed by atoms with Crippen molar-refractivity contribution in [3.05, 3.63) is 18.5 Å². The lowest BCUT2D eigenvalue weighted by Crippen LogP contribution is -2.16. The number of rotatable bonds is 2. The Labute approximate surface area is 63.1 Å². The Hall–Kier alpha value is -1.49. The minimum atomic E-state index is -0.557. The molecule has 1 amide bonds. The molecule has 0 spiro atoms. The van der Waals surface area contributed by atoms with Crippen LogP contribution in [0.1, 0.15) is 0 Å². The molecule has 0 saturated carbocycles. The summed E-state index contributed by atoms with van der Waals surface area (Å²) in [7, 11) is 0. The van der Waals surface area contributed by atoms with Gasteiger partial charge in [0.25, 0.3) is 5.91 Å². The minimum Gasteiger partial charge on any atom is -0.387 e. The van der Waals surface area contributed by atoms with E-state index in [4.69, 9.17) is 5.11 Å². The van der Waals surface area contributed by atoms with Crippen LogP contribution in [0.25, 0.3) is 0 Å². The van der Waals surface area contributed by atoms with Crippen molar-refractivity contribution in [1.29, 1.82) is 0 Å². The van der Waals surface area contributed by atoms with E-state index < -0.39 is 12.5 Å². The summed E-state index contributed by atoms with van der Waals surface area (Å²) in [4.78, 5) is 18.0. The van der Waals surface area contributed by atoms with Crippen LogP contribution in [0.2, 0.25) is 0 Å². The fraction of sp³-hybridized carbons (Fsp3) is 0.167. The Morgan fingerprint density at radius 2 is 2.18 bits per heavy atom. The quantitative estimate of drug-likeness (QED) is 0.595. The van der Waals surface area contributed by atoms with Crippen LogP contribution in [-0.4, -0.2) is 27.6 Å². The van der Waals surface area contributed by atoms with Crippen LogP contribution < -0.4 is 5.32 Å². The summed E-state index contributed by atoms with van der Waals surface area (Å²) >= 11 is 0. The van der Waals surface area contributed by atoms with Crippen molar-refractivity contribution in [2.45, 2.75) is 0 Å². The van der Waals surface area contributed by atoms with E-state index in [1.807, 2.05) is 0 Å². The van der Waals surface area contributed by atoms with Crippen molar-refractivity contribution >= 4 is 11.9 Å². The molecular formula is C6H7N3O2.